The molecule has 322 valence electrons. The Labute approximate surface area is 367 Å². The number of hydrogen-bond acceptors (Lipinski definition) is 12. The largest absolute Gasteiger partial charge is 0.459 e. The molecule has 10 nitrogen and oxygen atoms in total. The van der Waals surface area contributed by atoms with Crippen LogP contribution in [0.1, 0.15) is 69.1 Å². The molecule has 13 heteroatoms. The van der Waals surface area contributed by atoms with Gasteiger partial charge in [-0.3, -0.25) is 0 Å². The molecule has 10 atom stereocenters. The number of esters is 4. The summed E-state index contributed by atoms with van der Waals surface area (Å²) in [4.78, 5) is 49.9. The van der Waals surface area contributed by atoms with E-state index in [0.29, 0.717) is 22.3 Å². The lowest BCUT2D eigenvalue weighted by molar-refractivity contribution is -0.155. The van der Waals surface area contributed by atoms with Crippen molar-refractivity contribution < 1.29 is 47.6 Å². The molecule has 4 unspecified atom stereocenters. The SMILES string of the molecule is CCl.CSC1O[C@H](COC(=O)c2ccccc2)C(OC(=O)c2ccccc2)[C@@H](C)[C@H]1C.CSC1O[C@H](COC(=O)c2ccccc2)C(OC(=O)c2ccccc2)[C@@H](C)[C@H]1C. The summed E-state index contributed by atoms with van der Waals surface area (Å²) in [6.07, 6.45) is 3.36. The van der Waals surface area contributed by atoms with Crippen molar-refractivity contribution in [2.24, 2.45) is 23.7 Å². The van der Waals surface area contributed by atoms with Crippen molar-refractivity contribution in [3.05, 3.63) is 144 Å². The van der Waals surface area contributed by atoms with Gasteiger partial charge < -0.3 is 28.4 Å². The van der Waals surface area contributed by atoms with E-state index in [0.717, 1.165) is 0 Å². The molecule has 6 rings (SSSR count). The topological polar surface area (TPSA) is 124 Å². The molecule has 60 heavy (non-hydrogen) atoms. The molecule has 0 radical (unpaired) electrons. The molecule has 2 fully saturated rings. The van der Waals surface area contributed by atoms with Gasteiger partial charge in [0, 0.05) is 18.2 Å². The predicted molar refractivity (Wildman–Crippen MR) is 238 cm³/mol. The van der Waals surface area contributed by atoms with Crippen LogP contribution in [0.25, 0.3) is 0 Å². The quantitative estimate of drug-likeness (QED) is 0.0765. The molecule has 2 aliphatic heterocycles. The first-order valence-corrected chi connectivity index (χ1v) is 23.1. The average Bonchev–Trinajstić information content (AvgIpc) is 3.30. The monoisotopic (exact) mass is 878 g/mol. The van der Waals surface area contributed by atoms with Gasteiger partial charge in [-0.1, -0.05) is 100 Å². The third-order valence-corrected chi connectivity index (χ3v) is 12.7. The summed E-state index contributed by atoms with van der Waals surface area (Å²) in [6, 6.07) is 35.4. The molecule has 0 aromatic heterocycles. The predicted octanol–water partition coefficient (Wildman–Crippen LogP) is 9.71. The van der Waals surface area contributed by atoms with Gasteiger partial charge in [-0.15, -0.1) is 35.1 Å². The van der Waals surface area contributed by atoms with E-state index < -0.39 is 48.3 Å². The Morgan fingerprint density at radius 2 is 0.733 bits per heavy atom. The zero-order valence-corrected chi connectivity index (χ0v) is 37.4. The van der Waals surface area contributed by atoms with E-state index in [4.69, 9.17) is 28.4 Å². The van der Waals surface area contributed by atoms with Crippen molar-refractivity contribution in [1.82, 2.24) is 0 Å². The molecule has 0 spiro atoms. The molecule has 2 saturated heterocycles. The maximum atomic E-state index is 12.6. The summed E-state index contributed by atoms with van der Waals surface area (Å²) < 4.78 is 35.0. The Kier molecular flexibility index (Phi) is 20.0. The highest BCUT2D eigenvalue weighted by atomic mass is 35.5. The minimum absolute atomic E-state index is 0.0224. The van der Waals surface area contributed by atoms with Crippen LogP contribution < -0.4 is 0 Å². The Bertz CT molecular complexity index is 1770. The summed E-state index contributed by atoms with van der Waals surface area (Å²) in [5.41, 5.74) is 1.81. The van der Waals surface area contributed by atoms with Crippen LogP contribution in [0.4, 0.5) is 0 Å². The highest BCUT2D eigenvalue weighted by molar-refractivity contribution is 7.99. The van der Waals surface area contributed by atoms with Gasteiger partial charge >= 0.3 is 23.9 Å². The van der Waals surface area contributed by atoms with Crippen molar-refractivity contribution in [1.29, 1.82) is 0 Å². The van der Waals surface area contributed by atoms with Crippen molar-refractivity contribution in [3.8, 4) is 0 Å². The van der Waals surface area contributed by atoms with E-state index in [9.17, 15) is 19.2 Å². The van der Waals surface area contributed by atoms with Gasteiger partial charge in [0.15, 0.2) is 0 Å². The number of ether oxygens (including phenoxy) is 6. The number of alkyl halides is 1. The van der Waals surface area contributed by atoms with Crippen molar-refractivity contribution in [2.45, 2.75) is 63.0 Å². The highest BCUT2D eigenvalue weighted by Gasteiger charge is 2.45. The Morgan fingerprint density at radius 1 is 0.467 bits per heavy atom. The van der Waals surface area contributed by atoms with Crippen LogP contribution in [0.15, 0.2) is 121 Å². The molecule has 2 aliphatic rings. The molecule has 0 amide bonds. The van der Waals surface area contributed by atoms with Crippen LogP contribution >= 0.6 is 35.1 Å². The maximum absolute atomic E-state index is 12.6. The van der Waals surface area contributed by atoms with Crippen LogP contribution in [0.5, 0.6) is 0 Å². The molecular weight excluding hydrogens is 824 g/mol. The van der Waals surface area contributed by atoms with Crippen molar-refractivity contribution in [3.63, 3.8) is 0 Å². The van der Waals surface area contributed by atoms with E-state index in [1.54, 1.807) is 121 Å². The number of carbonyl (C=O) groups excluding carboxylic acids is 4. The Morgan fingerprint density at radius 3 is 1.00 bits per heavy atom. The fourth-order valence-corrected chi connectivity index (χ4v) is 8.72. The summed E-state index contributed by atoms with van der Waals surface area (Å²) in [5, 5.41) is 0. The van der Waals surface area contributed by atoms with Gasteiger partial charge in [-0.05, 0) is 72.9 Å². The lowest BCUT2D eigenvalue weighted by Crippen LogP contribution is -2.52. The number of halogens is 1. The van der Waals surface area contributed by atoms with Crippen LogP contribution in [0.3, 0.4) is 0 Å². The first-order chi connectivity index (χ1) is 29.0. The fourth-order valence-electron chi connectivity index (χ4n) is 6.86. The standard InChI is InChI=1S/2C23H26O5S.CH3Cl/c2*1-15-16(2)23(29-3)27-19(14-26-21(24)17-10-6-4-7-11-17)20(15)28-22(25)18-12-8-5-9-13-18;1-2/h2*4-13,15-16,19-20,23H,14H2,1-3H3;1H3/t2*15-,16+,19+,20?,23?;/m00./s1. The van der Waals surface area contributed by atoms with Crippen LogP contribution in [-0.2, 0) is 28.4 Å². The van der Waals surface area contributed by atoms with Gasteiger partial charge in [0.1, 0.15) is 48.5 Å². The fraction of sp³-hybridized carbons (Fsp3) is 0.404. The lowest BCUT2D eigenvalue weighted by atomic mass is 9.85. The molecule has 0 saturated carbocycles. The molecule has 4 aromatic rings. The first kappa shape index (κ1) is 48.3. The number of carbonyl (C=O) groups is 4. The van der Waals surface area contributed by atoms with E-state index in [1.807, 2.05) is 50.6 Å². The van der Waals surface area contributed by atoms with Gasteiger partial charge in [0.2, 0.25) is 0 Å². The molecule has 0 N–H and O–H groups in total. The second kappa shape index (κ2) is 24.8. The molecule has 4 aromatic carbocycles. The summed E-state index contributed by atoms with van der Waals surface area (Å²) in [6.45, 7) is 8.31. The van der Waals surface area contributed by atoms with Gasteiger partial charge in [-0.2, -0.15) is 0 Å². The second-order valence-electron chi connectivity index (χ2n) is 14.4. The molecular formula is C47H55ClO10S2. The zero-order valence-electron chi connectivity index (χ0n) is 35.0. The average molecular weight is 880 g/mol. The lowest BCUT2D eigenvalue weighted by Gasteiger charge is -2.43. The van der Waals surface area contributed by atoms with Gasteiger partial charge in [-0.25, -0.2) is 19.2 Å². The number of benzene rings is 4. The maximum Gasteiger partial charge on any atom is 0.338 e. The zero-order chi connectivity index (χ0) is 43.6. The number of hydrogen-bond donors (Lipinski definition) is 0. The first-order valence-electron chi connectivity index (χ1n) is 19.7. The van der Waals surface area contributed by atoms with Crippen LogP contribution in [-0.4, -0.2) is 91.3 Å². The minimum Gasteiger partial charge on any atom is -0.459 e. The molecule has 2 heterocycles. The highest BCUT2D eigenvalue weighted by Crippen LogP contribution is 2.38. The Hall–Kier alpha value is -4.33. The molecule has 0 aliphatic carbocycles. The third kappa shape index (κ3) is 13.3. The van der Waals surface area contributed by atoms with Gasteiger partial charge in [0.05, 0.1) is 22.3 Å². The summed E-state index contributed by atoms with van der Waals surface area (Å²) >= 11 is 7.85. The number of rotatable bonds is 12. The normalized spacial score (nSPS) is 25.7. The summed E-state index contributed by atoms with van der Waals surface area (Å²) in [7, 11) is 0. The summed E-state index contributed by atoms with van der Waals surface area (Å²) in [5.74, 6) is -1.19. The van der Waals surface area contributed by atoms with Crippen LogP contribution in [0.2, 0.25) is 0 Å². The van der Waals surface area contributed by atoms with E-state index in [-0.39, 0.29) is 47.8 Å². The van der Waals surface area contributed by atoms with Gasteiger partial charge in [0.25, 0.3) is 0 Å². The smallest absolute Gasteiger partial charge is 0.338 e. The van der Waals surface area contributed by atoms with E-state index in [2.05, 4.69) is 25.4 Å². The Balaban J connectivity index is 0.000000254. The second-order valence-corrected chi connectivity index (χ2v) is 16.3. The van der Waals surface area contributed by atoms with E-state index in [1.165, 1.54) is 6.38 Å². The minimum atomic E-state index is -0.529. The van der Waals surface area contributed by atoms with Crippen LogP contribution in [0, 0.1) is 23.7 Å². The molecule has 0 bridgehead atoms. The third-order valence-electron chi connectivity index (χ3n) is 10.7. The van der Waals surface area contributed by atoms with E-state index >= 15 is 0 Å². The number of thioether (sulfide) groups is 2. The van der Waals surface area contributed by atoms with Crippen molar-refractivity contribution >= 4 is 59.0 Å². The van der Waals surface area contributed by atoms with Crippen molar-refractivity contribution in [2.75, 3.05) is 32.1 Å².